The van der Waals surface area contributed by atoms with Crippen LogP contribution in [0.1, 0.15) is 201 Å². The van der Waals surface area contributed by atoms with Crippen molar-refractivity contribution in [2.24, 2.45) is 0 Å². The molecule has 1 aliphatic rings. The van der Waals surface area contributed by atoms with Crippen molar-refractivity contribution in [2.45, 2.75) is 250 Å². The molecule has 0 aliphatic carbocycles. The van der Waals surface area contributed by atoms with E-state index < -0.39 is 67.4 Å². The summed E-state index contributed by atoms with van der Waals surface area (Å²) in [7, 11) is 0. The van der Waals surface area contributed by atoms with Gasteiger partial charge in [-0.1, -0.05) is 208 Å². The van der Waals surface area contributed by atoms with Crippen molar-refractivity contribution in [3.8, 4) is 0 Å². The van der Waals surface area contributed by atoms with Crippen LogP contribution in [-0.4, -0.2) is 99.6 Å². The summed E-state index contributed by atoms with van der Waals surface area (Å²) < 4.78 is 17.4. The van der Waals surface area contributed by atoms with E-state index in [0.29, 0.717) is 12.8 Å². The Kier molecular flexibility index (Phi) is 43.0. The third-order valence-electron chi connectivity index (χ3n) is 12.2. The van der Waals surface area contributed by atoms with Gasteiger partial charge >= 0.3 is 5.97 Å². The van der Waals surface area contributed by atoms with Gasteiger partial charge in [0.1, 0.15) is 24.4 Å². The SMILES string of the molecule is CC/C=C\C/C=C\C/C=C\C/C=C\C/C=C\CCC(O)C(=O)NC(COC1OC(CO)C(O)C(O)C1OC(=O)CC/C=C/C/C=C\CCCCCCCC)C(O)/C=C/CCCCCCCCCCCC. The molecule has 1 rings (SSSR count). The van der Waals surface area contributed by atoms with Crippen LogP contribution in [0.4, 0.5) is 0 Å². The summed E-state index contributed by atoms with van der Waals surface area (Å²) in [5.74, 6) is -1.34. The molecule has 11 heteroatoms. The highest BCUT2D eigenvalue weighted by Gasteiger charge is 2.47. The van der Waals surface area contributed by atoms with Crippen LogP contribution in [0, 0.1) is 0 Å². The molecule has 0 aromatic carbocycles. The molecule has 0 bridgehead atoms. The molecule has 400 valence electrons. The highest BCUT2D eigenvalue weighted by Crippen LogP contribution is 2.26. The Morgan fingerprint density at radius 1 is 0.571 bits per heavy atom. The summed E-state index contributed by atoms with van der Waals surface area (Å²) in [5, 5.41) is 56.6. The Balaban J connectivity index is 2.84. The van der Waals surface area contributed by atoms with Crippen molar-refractivity contribution >= 4 is 11.9 Å². The Bertz CT molecular complexity index is 1500. The van der Waals surface area contributed by atoms with E-state index in [-0.39, 0.29) is 19.4 Å². The molecule has 1 aliphatic heterocycles. The van der Waals surface area contributed by atoms with Gasteiger partial charge in [0.25, 0.3) is 0 Å². The minimum Gasteiger partial charge on any atom is -0.454 e. The number of carbonyl (C=O) groups excluding carboxylic acids is 2. The van der Waals surface area contributed by atoms with Gasteiger partial charge in [-0.3, -0.25) is 9.59 Å². The first-order valence-electron chi connectivity index (χ1n) is 27.5. The molecular formula is C59H99NO10. The van der Waals surface area contributed by atoms with Gasteiger partial charge in [0.15, 0.2) is 12.4 Å². The normalized spacial score (nSPS) is 20.5. The van der Waals surface area contributed by atoms with Crippen LogP contribution in [-0.2, 0) is 23.8 Å². The first-order valence-corrected chi connectivity index (χ1v) is 27.5. The molecule has 1 saturated heterocycles. The smallest absolute Gasteiger partial charge is 0.306 e. The second kappa shape index (κ2) is 46.6. The highest BCUT2D eigenvalue weighted by molar-refractivity contribution is 5.80. The number of aliphatic hydroxyl groups excluding tert-OH is 5. The van der Waals surface area contributed by atoms with E-state index >= 15 is 0 Å². The average Bonchev–Trinajstić information content (AvgIpc) is 3.36. The average molecular weight is 982 g/mol. The predicted octanol–water partition coefficient (Wildman–Crippen LogP) is 12.0. The van der Waals surface area contributed by atoms with Gasteiger partial charge in [-0.15, -0.1) is 0 Å². The second-order valence-electron chi connectivity index (χ2n) is 18.6. The fraction of sp³-hybridized carbons (Fsp3) is 0.695. The maximum atomic E-state index is 13.3. The number of hydrogen-bond acceptors (Lipinski definition) is 10. The van der Waals surface area contributed by atoms with Gasteiger partial charge in [0.2, 0.25) is 5.91 Å². The number of allylic oxidation sites excluding steroid dienone is 15. The Labute approximate surface area is 425 Å². The van der Waals surface area contributed by atoms with Gasteiger partial charge < -0.3 is 45.1 Å². The van der Waals surface area contributed by atoms with Gasteiger partial charge in [-0.2, -0.15) is 0 Å². The van der Waals surface area contributed by atoms with Gasteiger partial charge in [0.05, 0.1) is 25.4 Å². The summed E-state index contributed by atoms with van der Waals surface area (Å²) in [6.07, 6.45) is 50.5. The molecule has 0 radical (unpaired) electrons. The van der Waals surface area contributed by atoms with Crippen LogP contribution in [0.3, 0.4) is 0 Å². The van der Waals surface area contributed by atoms with Crippen LogP contribution >= 0.6 is 0 Å². The van der Waals surface area contributed by atoms with E-state index in [4.69, 9.17) is 14.2 Å². The molecule has 1 heterocycles. The minimum absolute atomic E-state index is 0.00614. The molecule has 6 N–H and O–H groups in total. The highest BCUT2D eigenvalue weighted by atomic mass is 16.7. The number of aliphatic hydroxyl groups is 5. The zero-order valence-electron chi connectivity index (χ0n) is 43.8. The number of unbranched alkanes of at least 4 members (excludes halogenated alkanes) is 16. The van der Waals surface area contributed by atoms with Crippen LogP contribution in [0.15, 0.2) is 97.2 Å². The maximum Gasteiger partial charge on any atom is 0.306 e. The first kappa shape index (κ1) is 64.6. The molecule has 8 atom stereocenters. The molecule has 8 unspecified atom stereocenters. The van der Waals surface area contributed by atoms with E-state index in [2.05, 4.69) is 86.8 Å². The van der Waals surface area contributed by atoms with Crippen molar-refractivity contribution in [1.29, 1.82) is 0 Å². The summed E-state index contributed by atoms with van der Waals surface area (Å²) in [4.78, 5) is 26.3. The third kappa shape index (κ3) is 34.8. The molecule has 0 spiro atoms. The van der Waals surface area contributed by atoms with E-state index in [1.165, 1.54) is 83.5 Å². The van der Waals surface area contributed by atoms with E-state index in [0.717, 1.165) is 70.6 Å². The standard InChI is InChI=1S/C59H99NO10/c1-4-7-10-13-16-19-22-25-26-27-29-31-34-37-40-43-46-52(63)58(67)60-50(51(62)45-42-39-36-33-30-24-21-18-15-12-9-6-3)49-68-59-57(56(66)55(65)53(48-61)69-59)70-54(64)47-44-41-38-35-32-28-23-20-17-14-11-8-5-2/h7,10,16,19,25-26,28-29,31-32,37-38,40-42,45,50-53,55-57,59,61-63,65-66H,4-6,8-9,11-15,17-18,20-24,27,30,33-36,39,43-44,46-49H2,1-3H3,(H,60,67)/b10-7-,19-16-,26-25-,31-29-,32-28-,40-37-,41-38+,45-42+. The van der Waals surface area contributed by atoms with Gasteiger partial charge in [-0.25, -0.2) is 0 Å². The lowest BCUT2D eigenvalue weighted by atomic mass is 9.99. The quantitative estimate of drug-likeness (QED) is 0.0196. The summed E-state index contributed by atoms with van der Waals surface area (Å²) in [6, 6.07) is -1.07. The molecule has 0 aromatic heterocycles. The largest absolute Gasteiger partial charge is 0.454 e. The number of esters is 1. The Morgan fingerprint density at radius 3 is 1.54 bits per heavy atom. The zero-order valence-corrected chi connectivity index (χ0v) is 43.8. The minimum atomic E-state index is -1.65. The van der Waals surface area contributed by atoms with Crippen molar-refractivity contribution in [3.63, 3.8) is 0 Å². The Morgan fingerprint density at radius 2 is 1.03 bits per heavy atom. The number of carbonyl (C=O) groups is 2. The lowest BCUT2D eigenvalue weighted by Crippen LogP contribution is -2.61. The van der Waals surface area contributed by atoms with Crippen molar-refractivity contribution < 1.29 is 49.3 Å². The topological polar surface area (TPSA) is 175 Å². The number of ether oxygens (including phenoxy) is 3. The summed E-state index contributed by atoms with van der Waals surface area (Å²) >= 11 is 0. The molecule has 1 amide bonds. The zero-order chi connectivity index (χ0) is 51.1. The van der Waals surface area contributed by atoms with E-state index in [9.17, 15) is 35.1 Å². The summed E-state index contributed by atoms with van der Waals surface area (Å²) in [6.45, 7) is 5.56. The van der Waals surface area contributed by atoms with E-state index in [1.54, 1.807) is 6.08 Å². The van der Waals surface area contributed by atoms with Crippen molar-refractivity contribution in [1.82, 2.24) is 5.32 Å². The second-order valence-corrected chi connectivity index (χ2v) is 18.6. The molecular weight excluding hydrogens is 883 g/mol. The first-order chi connectivity index (χ1) is 34.2. The van der Waals surface area contributed by atoms with Crippen LogP contribution in [0.5, 0.6) is 0 Å². The lowest BCUT2D eigenvalue weighted by molar-refractivity contribution is -0.305. The maximum absolute atomic E-state index is 13.3. The van der Waals surface area contributed by atoms with E-state index in [1.807, 2.05) is 30.4 Å². The predicted molar refractivity (Wildman–Crippen MR) is 287 cm³/mol. The van der Waals surface area contributed by atoms with Crippen LogP contribution < -0.4 is 5.32 Å². The molecule has 11 nitrogen and oxygen atoms in total. The fourth-order valence-electron chi connectivity index (χ4n) is 7.85. The number of hydrogen-bond donors (Lipinski definition) is 6. The number of rotatable bonds is 44. The van der Waals surface area contributed by atoms with Crippen molar-refractivity contribution in [2.75, 3.05) is 13.2 Å². The summed E-state index contributed by atoms with van der Waals surface area (Å²) in [5.41, 5.74) is 0. The molecule has 0 saturated carbocycles. The number of amides is 1. The lowest BCUT2D eigenvalue weighted by Gasteiger charge is -2.41. The van der Waals surface area contributed by atoms with Crippen LogP contribution in [0.25, 0.3) is 0 Å². The fourth-order valence-corrected chi connectivity index (χ4v) is 7.85. The van der Waals surface area contributed by atoms with Gasteiger partial charge in [0, 0.05) is 6.42 Å². The Hall–Kier alpha value is -3.42. The van der Waals surface area contributed by atoms with Crippen LogP contribution in [0.2, 0.25) is 0 Å². The monoisotopic (exact) mass is 982 g/mol. The van der Waals surface area contributed by atoms with Crippen molar-refractivity contribution in [3.05, 3.63) is 97.2 Å². The molecule has 0 aromatic rings. The third-order valence-corrected chi connectivity index (χ3v) is 12.2. The molecule has 1 fully saturated rings. The van der Waals surface area contributed by atoms with Gasteiger partial charge in [-0.05, 0) is 83.5 Å². The molecule has 70 heavy (non-hydrogen) atoms. The number of nitrogens with one attached hydrogen (secondary N) is 1.